The zero-order chi connectivity index (χ0) is 20.5. The van der Waals surface area contributed by atoms with Crippen LogP contribution in [-0.4, -0.2) is 42.1 Å². The molecule has 5 nitrogen and oxygen atoms in total. The first kappa shape index (κ1) is 22.1. The van der Waals surface area contributed by atoms with E-state index in [1.807, 2.05) is 37.3 Å². The summed E-state index contributed by atoms with van der Waals surface area (Å²) in [6.45, 7) is 9.62. The zero-order valence-electron chi connectivity index (χ0n) is 16.5. The van der Waals surface area contributed by atoms with Gasteiger partial charge in [0, 0.05) is 35.1 Å². The van der Waals surface area contributed by atoms with Crippen LogP contribution in [0.2, 0.25) is 5.02 Å². The minimum Gasteiger partial charge on any atom is -0.351 e. The lowest BCUT2D eigenvalue weighted by Gasteiger charge is -2.18. The number of nitrogens with zero attached hydrogens (tertiary/aromatic N) is 1. The second kappa shape index (κ2) is 11.0. The molecule has 2 aromatic rings. The number of likely N-dealkylation sites (N-methyl/N-ethyl adjacent to an activating group) is 1. The molecule has 0 fully saturated rings. The fourth-order valence-electron chi connectivity index (χ4n) is 2.64. The van der Waals surface area contributed by atoms with Gasteiger partial charge in [-0.3, -0.25) is 4.79 Å². The normalized spacial score (nSPS) is 10.6. The molecule has 0 heterocycles. The van der Waals surface area contributed by atoms with Crippen molar-refractivity contribution in [2.45, 2.75) is 20.8 Å². The Balaban J connectivity index is 1.85. The predicted molar refractivity (Wildman–Crippen MR) is 123 cm³/mol. The molecule has 28 heavy (non-hydrogen) atoms. The molecular formula is C21H27ClN4OS. The molecule has 0 saturated heterocycles. The highest BCUT2D eigenvalue weighted by Crippen LogP contribution is 2.20. The van der Waals surface area contributed by atoms with Gasteiger partial charge in [0.25, 0.3) is 5.91 Å². The lowest BCUT2D eigenvalue weighted by molar-refractivity contribution is 0.0949. The number of benzene rings is 2. The highest BCUT2D eigenvalue weighted by atomic mass is 35.5. The molecule has 2 rings (SSSR count). The van der Waals surface area contributed by atoms with Gasteiger partial charge in [-0.1, -0.05) is 31.5 Å². The third kappa shape index (κ3) is 6.78. The number of halogens is 1. The molecule has 0 radical (unpaired) electrons. The van der Waals surface area contributed by atoms with Crippen molar-refractivity contribution in [2.75, 3.05) is 36.8 Å². The zero-order valence-corrected chi connectivity index (χ0v) is 18.1. The van der Waals surface area contributed by atoms with E-state index >= 15 is 0 Å². The first-order valence-corrected chi connectivity index (χ1v) is 10.2. The Kier molecular flexibility index (Phi) is 8.70. The first-order chi connectivity index (χ1) is 13.4. The Morgan fingerprint density at radius 2 is 1.64 bits per heavy atom. The first-order valence-electron chi connectivity index (χ1n) is 9.37. The fourth-order valence-corrected chi connectivity index (χ4v) is 3.05. The molecule has 0 unspecified atom stereocenters. The van der Waals surface area contributed by atoms with Crippen LogP contribution in [0.25, 0.3) is 0 Å². The Morgan fingerprint density at radius 3 is 2.25 bits per heavy atom. The largest absolute Gasteiger partial charge is 0.351 e. The van der Waals surface area contributed by atoms with Crippen LogP contribution in [0.5, 0.6) is 0 Å². The maximum atomic E-state index is 12.2. The van der Waals surface area contributed by atoms with E-state index in [-0.39, 0.29) is 5.91 Å². The standard InChI is InChI=1S/C21H27ClN4OS/c1-4-26(5-2)13-12-23-20(27)16-7-10-17(11-8-16)24-21(28)25-18-9-6-15(3)19(22)14-18/h6-11,14H,4-5,12-13H2,1-3H3,(H,23,27)(H2,24,25,28). The molecule has 1 amide bonds. The van der Waals surface area contributed by atoms with E-state index in [2.05, 4.69) is 34.7 Å². The third-order valence-electron chi connectivity index (χ3n) is 4.44. The van der Waals surface area contributed by atoms with Gasteiger partial charge in [0.1, 0.15) is 0 Å². The summed E-state index contributed by atoms with van der Waals surface area (Å²) in [5.41, 5.74) is 3.25. The van der Waals surface area contributed by atoms with Crippen LogP contribution in [0.3, 0.4) is 0 Å². The van der Waals surface area contributed by atoms with Crippen molar-refractivity contribution < 1.29 is 4.79 Å². The molecule has 0 aliphatic heterocycles. The minimum absolute atomic E-state index is 0.0753. The minimum atomic E-state index is -0.0753. The molecular weight excluding hydrogens is 392 g/mol. The molecule has 3 N–H and O–H groups in total. The van der Waals surface area contributed by atoms with Gasteiger partial charge in [0.15, 0.2) is 5.11 Å². The molecule has 2 aromatic carbocycles. The Labute approximate surface area is 177 Å². The van der Waals surface area contributed by atoms with Crippen molar-refractivity contribution in [3.63, 3.8) is 0 Å². The van der Waals surface area contributed by atoms with Crippen molar-refractivity contribution in [3.8, 4) is 0 Å². The summed E-state index contributed by atoms with van der Waals surface area (Å²) in [6, 6.07) is 12.9. The van der Waals surface area contributed by atoms with Gasteiger partial charge >= 0.3 is 0 Å². The van der Waals surface area contributed by atoms with Crippen molar-refractivity contribution in [3.05, 3.63) is 58.6 Å². The van der Waals surface area contributed by atoms with Crippen LogP contribution in [0.4, 0.5) is 11.4 Å². The van der Waals surface area contributed by atoms with E-state index in [1.54, 1.807) is 12.1 Å². The second-order valence-electron chi connectivity index (χ2n) is 6.40. The number of nitrogens with one attached hydrogen (secondary N) is 3. The highest BCUT2D eigenvalue weighted by Gasteiger charge is 2.07. The third-order valence-corrected chi connectivity index (χ3v) is 5.05. The van der Waals surface area contributed by atoms with E-state index in [4.69, 9.17) is 23.8 Å². The van der Waals surface area contributed by atoms with E-state index < -0.39 is 0 Å². The summed E-state index contributed by atoms with van der Waals surface area (Å²) < 4.78 is 0. The quantitative estimate of drug-likeness (QED) is 0.550. The predicted octanol–water partition coefficient (Wildman–Crippen LogP) is 4.53. The monoisotopic (exact) mass is 418 g/mol. The van der Waals surface area contributed by atoms with Crippen molar-refractivity contribution in [2.24, 2.45) is 0 Å². The van der Waals surface area contributed by atoms with Gasteiger partial charge in [0.05, 0.1) is 0 Å². The molecule has 0 atom stereocenters. The van der Waals surface area contributed by atoms with Crippen LogP contribution in [0, 0.1) is 6.92 Å². The smallest absolute Gasteiger partial charge is 0.251 e. The summed E-state index contributed by atoms with van der Waals surface area (Å²) in [5.74, 6) is -0.0753. The number of aryl methyl sites for hydroxylation is 1. The molecule has 0 bridgehead atoms. The van der Waals surface area contributed by atoms with Gasteiger partial charge in [-0.15, -0.1) is 0 Å². The van der Waals surface area contributed by atoms with Crippen LogP contribution >= 0.6 is 23.8 Å². The van der Waals surface area contributed by atoms with Crippen LogP contribution in [0.15, 0.2) is 42.5 Å². The van der Waals surface area contributed by atoms with E-state index in [0.717, 1.165) is 36.6 Å². The number of amides is 1. The average molecular weight is 419 g/mol. The van der Waals surface area contributed by atoms with Crippen molar-refractivity contribution >= 4 is 46.2 Å². The van der Waals surface area contributed by atoms with Gasteiger partial charge in [0.2, 0.25) is 0 Å². The van der Waals surface area contributed by atoms with Gasteiger partial charge in [-0.25, -0.2) is 0 Å². The summed E-state index contributed by atoms with van der Waals surface area (Å²) in [4.78, 5) is 14.5. The summed E-state index contributed by atoms with van der Waals surface area (Å²) >= 11 is 11.5. The number of rotatable bonds is 8. The molecule has 0 aliphatic rings. The molecule has 7 heteroatoms. The Hall–Kier alpha value is -2.15. The molecule has 150 valence electrons. The second-order valence-corrected chi connectivity index (χ2v) is 7.22. The van der Waals surface area contributed by atoms with Gasteiger partial charge < -0.3 is 20.9 Å². The number of carbonyl (C=O) groups excluding carboxylic acids is 1. The Morgan fingerprint density at radius 1 is 1.04 bits per heavy atom. The fraction of sp³-hybridized carbons (Fsp3) is 0.333. The molecule has 0 aliphatic carbocycles. The number of carbonyl (C=O) groups is 1. The topological polar surface area (TPSA) is 56.4 Å². The summed E-state index contributed by atoms with van der Waals surface area (Å²) in [5, 5.41) is 10.3. The van der Waals surface area contributed by atoms with Crippen LogP contribution in [0.1, 0.15) is 29.8 Å². The van der Waals surface area contributed by atoms with Gasteiger partial charge in [-0.05, 0) is 74.2 Å². The van der Waals surface area contributed by atoms with Crippen LogP contribution < -0.4 is 16.0 Å². The van der Waals surface area contributed by atoms with Crippen LogP contribution in [-0.2, 0) is 0 Å². The molecule has 0 aromatic heterocycles. The lowest BCUT2D eigenvalue weighted by atomic mass is 10.2. The number of thiocarbonyl (C=S) groups is 1. The number of hydrogen-bond donors (Lipinski definition) is 3. The SMILES string of the molecule is CCN(CC)CCNC(=O)c1ccc(NC(=S)Nc2ccc(C)c(Cl)c2)cc1. The summed E-state index contributed by atoms with van der Waals surface area (Å²) in [6.07, 6.45) is 0. The van der Waals surface area contributed by atoms with E-state index in [1.165, 1.54) is 0 Å². The maximum absolute atomic E-state index is 12.2. The number of hydrogen-bond acceptors (Lipinski definition) is 3. The van der Waals surface area contributed by atoms with E-state index in [0.29, 0.717) is 22.2 Å². The maximum Gasteiger partial charge on any atom is 0.251 e. The number of anilines is 2. The lowest BCUT2D eigenvalue weighted by Crippen LogP contribution is -2.34. The summed E-state index contributed by atoms with van der Waals surface area (Å²) in [7, 11) is 0. The highest BCUT2D eigenvalue weighted by molar-refractivity contribution is 7.80. The van der Waals surface area contributed by atoms with Crippen molar-refractivity contribution in [1.82, 2.24) is 10.2 Å². The molecule has 0 spiro atoms. The molecule has 0 saturated carbocycles. The average Bonchev–Trinajstić information content (AvgIpc) is 2.68. The van der Waals surface area contributed by atoms with Gasteiger partial charge in [-0.2, -0.15) is 0 Å². The van der Waals surface area contributed by atoms with E-state index in [9.17, 15) is 4.79 Å². The Bertz CT molecular complexity index is 807. The van der Waals surface area contributed by atoms with Crippen molar-refractivity contribution in [1.29, 1.82) is 0 Å².